The third-order valence-corrected chi connectivity index (χ3v) is 7.99. The van der Waals surface area contributed by atoms with Gasteiger partial charge in [0.15, 0.2) is 0 Å². The van der Waals surface area contributed by atoms with E-state index < -0.39 is 0 Å². The molecule has 3 fully saturated rings. The van der Waals surface area contributed by atoms with E-state index in [1.54, 1.807) is 19.3 Å². The lowest BCUT2D eigenvalue weighted by Crippen LogP contribution is -2.51. The van der Waals surface area contributed by atoms with Crippen molar-refractivity contribution in [2.24, 2.45) is 34.5 Å². The molecule has 0 saturated heterocycles. The summed E-state index contributed by atoms with van der Waals surface area (Å²) in [5.74, 6) is 4.21. The summed E-state index contributed by atoms with van der Waals surface area (Å²) in [7, 11) is 0. The number of hydrogen-bond donors (Lipinski definition) is 0. The van der Waals surface area contributed by atoms with Gasteiger partial charge in [-0.25, -0.2) is 0 Å². The monoisotopic (exact) mass is 258 g/mol. The third-order valence-electron chi connectivity index (χ3n) is 7.99. The molecule has 0 spiro atoms. The molecule has 0 radical (unpaired) electrons. The first-order valence-electron chi connectivity index (χ1n) is 8.78. The summed E-state index contributed by atoms with van der Waals surface area (Å²) in [5.41, 5.74) is 1.39. The molecule has 0 N–H and O–H groups in total. The predicted octanol–water partition coefficient (Wildman–Crippen LogP) is 5.59. The SMILES string of the molecule is C[C@]12CCC[C@@H]1[C@@H]1CC[C@H]3CC=CC[C@]3(C)[C@H]1CC2. The molecule has 4 aliphatic rings. The molecule has 0 aromatic heterocycles. The van der Waals surface area contributed by atoms with Crippen molar-refractivity contribution in [3.63, 3.8) is 0 Å². The zero-order valence-corrected chi connectivity index (χ0v) is 12.8. The molecule has 4 rings (SSSR count). The summed E-state index contributed by atoms with van der Waals surface area (Å²) < 4.78 is 0. The van der Waals surface area contributed by atoms with E-state index in [9.17, 15) is 0 Å². The highest BCUT2D eigenvalue weighted by atomic mass is 14.6. The molecule has 6 atom stereocenters. The van der Waals surface area contributed by atoms with E-state index in [1.807, 2.05) is 0 Å². The number of rotatable bonds is 0. The Kier molecular flexibility index (Phi) is 2.71. The van der Waals surface area contributed by atoms with Crippen LogP contribution < -0.4 is 0 Å². The van der Waals surface area contributed by atoms with Crippen molar-refractivity contribution in [3.05, 3.63) is 12.2 Å². The van der Waals surface area contributed by atoms with Gasteiger partial charge in [0.1, 0.15) is 0 Å². The molecule has 0 aromatic carbocycles. The summed E-state index contributed by atoms with van der Waals surface area (Å²) in [6.07, 6.45) is 18.5. The Balaban J connectivity index is 1.67. The summed E-state index contributed by atoms with van der Waals surface area (Å²) >= 11 is 0. The van der Waals surface area contributed by atoms with Gasteiger partial charge in [-0.3, -0.25) is 0 Å². The smallest absolute Gasteiger partial charge is 0.0229 e. The molecule has 0 aromatic rings. The highest BCUT2D eigenvalue weighted by Crippen LogP contribution is 2.65. The maximum Gasteiger partial charge on any atom is -0.0229 e. The number of fused-ring (bicyclic) bond motifs is 5. The Morgan fingerprint density at radius 2 is 1.79 bits per heavy atom. The molecule has 4 aliphatic carbocycles. The van der Waals surface area contributed by atoms with E-state index in [0.29, 0.717) is 5.41 Å². The van der Waals surface area contributed by atoms with Gasteiger partial charge in [0, 0.05) is 0 Å². The summed E-state index contributed by atoms with van der Waals surface area (Å²) in [6, 6.07) is 0. The minimum atomic E-state index is 0.654. The van der Waals surface area contributed by atoms with Crippen LogP contribution in [0.4, 0.5) is 0 Å². The second-order valence-electron chi connectivity index (χ2n) is 8.65. The van der Waals surface area contributed by atoms with Crippen LogP contribution in [0, 0.1) is 34.5 Å². The van der Waals surface area contributed by atoms with Crippen molar-refractivity contribution in [2.45, 2.75) is 71.6 Å². The maximum absolute atomic E-state index is 2.65. The molecule has 3 saturated carbocycles. The van der Waals surface area contributed by atoms with Crippen LogP contribution in [0.3, 0.4) is 0 Å². The zero-order valence-electron chi connectivity index (χ0n) is 12.8. The first-order chi connectivity index (χ1) is 9.13. The van der Waals surface area contributed by atoms with Gasteiger partial charge in [0.05, 0.1) is 0 Å². The number of hydrogen-bond acceptors (Lipinski definition) is 0. The summed E-state index contributed by atoms with van der Waals surface area (Å²) in [6.45, 7) is 5.27. The third kappa shape index (κ3) is 1.64. The normalized spacial score (nSPS) is 56.3. The summed E-state index contributed by atoms with van der Waals surface area (Å²) in [4.78, 5) is 0. The molecule has 0 amide bonds. The Hall–Kier alpha value is -0.260. The van der Waals surface area contributed by atoms with Crippen LogP contribution in [0.25, 0.3) is 0 Å². The van der Waals surface area contributed by atoms with Gasteiger partial charge in [0.25, 0.3) is 0 Å². The molecular formula is C19H30. The first-order valence-corrected chi connectivity index (χ1v) is 8.78. The second-order valence-corrected chi connectivity index (χ2v) is 8.65. The fourth-order valence-electron chi connectivity index (χ4n) is 6.83. The van der Waals surface area contributed by atoms with E-state index in [-0.39, 0.29) is 0 Å². The first kappa shape index (κ1) is 12.5. The molecule has 0 unspecified atom stereocenters. The summed E-state index contributed by atoms with van der Waals surface area (Å²) in [5, 5.41) is 0. The lowest BCUT2D eigenvalue weighted by molar-refractivity contribution is -0.0870. The average molecular weight is 258 g/mol. The van der Waals surface area contributed by atoms with Crippen LogP contribution in [-0.4, -0.2) is 0 Å². The highest BCUT2D eigenvalue weighted by molar-refractivity contribution is 5.10. The fraction of sp³-hybridized carbons (Fsp3) is 0.895. The molecule has 106 valence electrons. The van der Waals surface area contributed by atoms with Gasteiger partial charge in [-0.05, 0) is 85.9 Å². The van der Waals surface area contributed by atoms with Crippen LogP contribution in [0.2, 0.25) is 0 Å². The molecule has 0 heteroatoms. The molecule has 19 heavy (non-hydrogen) atoms. The van der Waals surface area contributed by atoms with E-state index in [0.717, 1.165) is 29.1 Å². The van der Waals surface area contributed by atoms with Gasteiger partial charge in [-0.2, -0.15) is 0 Å². The topological polar surface area (TPSA) is 0 Å². The minimum absolute atomic E-state index is 0.654. The molecular weight excluding hydrogens is 228 g/mol. The average Bonchev–Trinajstić information content (AvgIpc) is 2.79. The number of allylic oxidation sites excluding steroid dienone is 2. The van der Waals surface area contributed by atoms with Crippen LogP contribution >= 0.6 is 0 Å². The Morgan fingerprint density at radius 3 is 2.68 bits per heavy atom. The van der Waals surface area contributed by atoms with Gasteiger partial charge >= 0.3 is 0 Å². The van der Waals surface area contributed by atoms with E-state index in [1.165, 1.54) is 38.5 Å². The van der Waals surface area contributed by atoms with Crippen molar-refractivity contribution < 1.29 is 0 Å². The van der Waals surface area contributed by atoms with Crippen molar-refractivity contribution in [1.29, 1.82) is 0 Å². The maximum atomic E-state index is 2.65. The van der Waals surface area contributed by atoms with Crippen LogP contribution in [-0.2, 0) is 0 Å². The van der Waals surface area contributed by atoms with Crippen molar-refractivity contribution in [3.8, 4) is 0 Å². The lowest BCUT2D eigenvalue weighted by Gasteiger charge is -2.59. The van der Waals surface area contributed by atoms with Gasteiger partial charge in [-0.15, -0.1) is 0 Å². The fourth-order valence-corrected chi connectivity index (χ4v) is 6.83. The standard InChI is InChI=1S/C19H30/c1-18-11-5-7-16(18)15-9-8-14-6-3-4-12-19(14,2)17(15)10-13-18/h3-4,14-17H,5-13H2,1-2H3/t14-,15+,16-,17+,18-,19+/m1/s1. The van der Waals surface area contributed by atoms with Crippen molar-refractivity contribution in [2.75, 3.05) is 0 Å². The van der Waals surface area contributed by atoms with E-state index in [4.69, 9.17) is 0 Å². The lowest BCUT2D eigenvalue weighted by atomic mass is 9.46. The molecule has 0 heterocycles. The van der Waals surface area contributed by atoms with Crippen LogP contribution in [0.15, 0.2) is 12.2 Å². The molecule has 0 nitrogen and oxygen atoms in total. The van der Waals surface area contributed by atoms with E-state index >= 15 is 0 Å². The highest BCUT2D eigenvalue weighted by Gasteiger charge is 2.56. The molecule has 0 aliphatic heterocycles. The van der Waals surface area contributed by atoms with Gasteiger partial charge < -0.3 is 0 Å². The van der Waals surface area contributed by atoms with Crippen molar-refractivity contribution in [1.82, 2.24) is 0 Å². The van der Waals surface area contributed by atoms with Crippen molar-refractivity contribution >= 4 is 0 Å². The largest absolute Gasteiger partial charge is 0.0882 e. The minimum Gasteiger partial charge on any atom is -0.0882 e. The molecule has 0 bridgehead atoms. The second kappa shape index (κ2) is 4.12. The Morgan fingerprint density at radius 1 is 0.895 bits per heavy atom. The Bertz CT molecular complexity index is 395. The van der Waals surface area contributed by atoms with Gasteiger partial charge in [0.2, 0.25) is 0 Å². The van der Waals surface area contributed by atoms with Gasteiger partial charge in [-0.1, -0.05) is 32.4 Å². The Labute approximate surface area is 119 Å². The predicted molar refractivity (Wildman–Crippen MR) is 80.9 cm³/mol. The van der Waals surface area contributed by atoms with Crippen LogP contribution in [0.5, 0.6) is 0 Å². The van der Waals surface area contributed by atoms with E-state index in [2.05, 4.69) is 26.0 Å². The quantitative estimate of drug-likeness (QED) is 0.497. The zero-order chi connectivity index (χ0) is 13.1. The van der Waals surface area contributed by atoms with Crippen LogP contribution in [0.1, 0.15) is 71.6 Å².